The van der Waals surface area contributed by atoms with Crippen LogP contribution in [0.25, 0.3) is 0 Å². The van der Waals surface area contributed by atoms with Crippen molar-refractivity contribution in [3.63, 3.8) is 0 Å². The van der Waals surface area contributed by atoms with E-state index in [0.29, 0.717) is 0 Å². The first kappa shape index (κ1) is 13.5. The monoisotopic (exact) mass is 244 g/mol. The van der Waals surface area contributed by atoms with Crippen molar-refractivity contribution in [2.24, 2.45) is 0 Å². The molecule has 1 rings (SSSR count). The van der Waals surface area contributed by atoms with E-state index in [1.165, 1.54) is 0 Å². The molecule has 94 valence electrons. The summed E-state index contributed by atoms with van der Waals surface area (Å²) in [5.41, 5.74) is -0.839. The van der Waals surface area contributed by atoms with Gasteiger partial charge in [-0.2, -0.15) is 0 Å². The van der Waals surface area contributed by atoms with E-state index in [1.54, 1.807) is 20.8 Å². The van der Waals surface area contributed by atoms with Crippen LogP contribution in [0.15, 0.2) is 6.20 Å². The Morgan fingerprint density at radius 3 is 2.59 bits per heavy atom. The zero-order valence-electron chi connectivity index (χ0n) is 9.91. The van der Waals surface area contributed by atoms with Crippen LogP contribution in [0.2, 0.25) is 0 Å². The van der Waals surface area contributed by atoms with Crippen LogP contribution in [0, 0.1) is 0 Å². The van der Waals surface area contributed by atoms with Crippen LogP contribution in [-0.4, -0.2) is 22.5 Å². The second-order valence-corrected chi connectivity index (χ2v) is 3.70. The molecular formula is C11H14F2N2O2. The molecule has 0 amide bonds. The van der Waals surface area contributed by atoms with Gasteiger partial charge in [0.25, 0.3) is 6.43 Å². The lowest BCUT2D eigenvalue weighted by Crippen LogP contribution is -2.13. The summed E-state index contributed by atoms with van der Waals surface area (Å²) in [6.07, 6.45) is -1.73. The molecule has 1 heterocycles. The third-order valence-electron chi connectivity index (χ3n) is 2.06. The lowest BCUT2D eigenvalue weighted by molar-refractivity contribution is 0.0512. The van der Waals surface area contributed by atoms with E-state index in [0.717, 1.165) is 6.20 Å². The molecule has 0 aliphatic carbocycles. The van der Waals surface area contributed by atoms with Gasteiger partial charge in [0.15, 0.2) is 0 Å². The first-order valence-corrected chi connectivity index (χ1v) is 5.29. The molecule has 1 aromatic rings. The Kier molecular flexibility index (Phi) is 4.48. The standard InChI is InChI=1S/C11H14F2N2O2/c1-4-17-11(16)7-5-14-10(6(2)3)15-8(7)9(12)13/h5-6,9H,4H2,1-3H3. The molecule has 17 heavy (non-hydrogen) atoms. The van der Waals surface area contributed by atoms with Gasteiger partial charge in [-0.25, -0.2) is 23.5 Å². The molecule has 1 aromatic heterocycles. The van der Waals surface area contributed by atoms with Crippen LogP contribution in [-0.2, 0) is 4.74 Å². The smallest absolute Gasteiger partial charge is 0.341 e. The summed E-state index contributed by atoms with van der Waals surface area (Å²) in [5.74, 6) is -0.616. The van der Waals surface area contributed by atoms with Crippen molar-refractivity contribution >= 4 is 5.97 Å². The van der Waals surface area contributed by atoms with Crippen LogP contribution >= 0.6 is 0 Å². The molecule has 0 aliphatic heterocycles. The first-order chi connectivity index (χ1) is 7.97. The normalized spacial score (nSPS) is 11.0. The second kappa shape index (κ2) is 5.65. The minimum absolute atomic E-state index is 0.0799. The van der Waals surface area contributed by atoms with E-state index < -0.39 is 18.1 Å². The topological polar surface area (TPSA) is 52.1 Å². The summed E-state index contributed by atoms with van der Waals surface area (Å²) < 4.78 is 30.2. The molecule has 6 heteroatoms. The summed E-state index contributed by atoms with van der Waals surface area (Å²) in [4.78, 5) is 19.0. The van der Waals surface area contributed by atoms with Crippen molar-refractivity contribution in [1.82, 2.24) is 9.97 Å². The number of halogens is 2. The number of aromatic nitrogens is 2. The van der Waals surface area contributed by atoms with Crippen molar-refractivity contribution in [3.8, 4) is 0 Å². The van der Waals surface area contributed by atoms with E-state index in [4.69, 9.17) is 0 Å². The quantitative estimate of drug-likeness (QED) is 0.764. The number of carbonyl (C=O) groups is 1. The number of hydrogen-bond donors (Lipinski definition) is 0. The van der Waals surface area contributed by atoms with E-state index in [-0.39, 0.29) is 23.9 Å². The Labute approximate surface area is 98.0 Å². The molecule has 0 N–H and O–H groups in total. The number of ether oxygens (including phenoxy) is 1. The largest absolute Gasteiger partial charge is 0.462 e. The summed E-state index contributed by atoms with van der Waals surface area (Å²) in [5, 5.41) is 0. The number of esters is 1. The first-order valence-electron chi connectivity index (χ1n) is 5.29. The number of carbonyl (C=O) groups excluding carboxylic acids is 1. The fourth-order valence-electron chi connectivity index (χ4n) is 1.22. The molecule has 0 fully saturated rings. The Bertz CT molecular complexity index is 408. The molecule has 0 spiro atoms. The van der Waals surface area contributed by atoms with Crippen molar-refractivity contribution in [2.45, 2.75) is 33.1 Å². The Balaban J connectivity index is 3.17. The van der Waals surface area contributed by atoms with Gasteiger partial charge >= 0.3 is 5.97 Å². The molecule has 0 aliphatic rings. The summed E-state index contributed by atoms with van der Waals surface area (Å²) in [7, 11) is 0. The third-order valence-corrected chi connectivity index (χ3v) is 2.06. The third kappa shape index (κ3) is 3.18. The van der Waals surface area contributed by atoms with Gasteiger partial charge in [-0.1, -0.05) is 13.8 Å². The van der Waals surface area contributed by atoms with Gasteiger partial charge < -0.3 is 4.74 Å². The average molecular weight is 244 g/mol. The van der Waals surface area contributed by atoms with Crippen molar-refractivity contribution < 1.29 is 18.3 Å². The second-order valence-electron chi connectivity index (χ2n) is 3.70. The van der Waals surface area contributed by atoms with E-state index >= 15 is 0 Å². The minimum atomic E-state index is -2.82. The molecule has 4 nitrogen and oxygen atoms in total. The van der Waals surface area contributed by atoms with Crippen molar-refractivity contribution in [2.75, 3.05) is 6.61 Å². The maximum absolute atomic E-state index is 12.8. The van der Waals surface area contributed by atoms with Gasteiger partial charge in [-0.3, -0.25) is 0 Å². The van der Waals surface area contributed by atoms with Gasteiger partial charge in [-0.15, -0.1) is 0 Å². The Morgan fingerprint density at radius 1 is 1.47 bits per heavy atom. The van der Waals surface area contributed by atoms with Gasteiger partial charge in [0.2, 0.25) is 0 Å². The number of rotatable bonds is 4. The van der Waals surface area contributed by atoms with Gasteiger partial charge in [-0.05, 0) is 6.92 Å². The zero-order valence-corrected chi connectivity index (χ0v) is 9.91. The highest BCUT2D eigenvalue weighted by molar-refractivity contribution is 5.90. The van der Waals surface area contributed by atoms with Gasteiger partial charge in [0.05, 0.1) is 6.61 Å². The van der Waals surface area contributed by atoms with Crippen LogP contribution in [0.3, 0.4) is 0 Å². The molecule has 0 radical (unpaired) electrons. The highest BCUT2D eigenvalue weighted by Gasteiger charge is 2.23. The highest BCUT2D eigenvalue weighted by atomic mass is 19.3. The number of hydrogen-bond acceptors (Lipinski definition) is 4. The van der Waals surface area contributed by atoms with Crippen LogP contribution in [0.1, 0.15) is 55.0 Å². The SMILES string of the molecule is CCOC(=O)c1cnc(C(C)C)nc1C(F)F. The predicted molar refractivity (Wildman–Crippen MR) is 57.0 cm³/mol. The summed E-state index contributed by atoms with van der Waals surface area (Å²) >= 11 is 0. The molecule has 0 atom stereocenters. The van der Waals surface area contributed by atoms with Crippen LogP contribution in [0.4, 0.5) is 8.78 Å². The highest BCUT2D eigenvalue weighted by Crippen LogP contribution is 2.22. The van der Waals surface area contributed by atoms with E-state index in [2.05, 4.69) is 14.7 Å². The van der Waals surface area contributed by atoms with Crippen LogP contribution in [0.5, 0.6) is 0 Å². The van der Waals surface area contributed by atoms with Crippen molar-refractivity contribution in [3.05, 3.63) is 23.3 Å². The fraction of sp³-hybridized carbons (Fsp3) is 0.545. The lowest BCUT2D eigenvalue weighted by atomic mass is 10.1. The summed E-state index contributed by atoms with van der Waals surface area (Å²) in [6, 6.07) is 0. The average Bonchev–Trinajstić information content (AvgIpc) is 2.28. The number of alkyl halides is 2. The lowest BCUT2D eigenvalue weighted by Gasteiger charge is -2.10. The molecule has 0 bridgehead atoms. The van der Waals surface area contributed by atoms with E-state index in [9.17, 15) is 13.6 Å². The Hall–Kier alpha value is -1.59. The van der Waals surface area contributed by atoms with Crippen LogP contribution < -0.4 is 0 Å². The van der Waals surface area contributed by atoms with Gasteiger partial charge in [0, 0.05) is 12.1 Å². The molecule has 0 saturated heterocycles. The molecular weight excluding hydrogens is 230 g/mol. The van der Waals surface area contributed by atoms with Gasteiger partial charge in [0.1, 0.15) is 17.1 Å². The summed E-state index contributed by atoms with van der Waals surface area (Å²) in [6.45, 7) is 5.29. The molecule has 0 saturated carbocycles. The van der Waals surface area contributed by atoms with Crippen molar-refractivity contribution in [1.29, 1.82) is 0 Å². The zero-order chi connectivity index (χ0) is 13.0. The maximum Gasteiger partial charge on any atom is 0.341 e. The number of nitrogens with zero attached hydrogens (tertiary/aromatic N) is 2. The Morgan fingerprint density at radius 2 is 2.12 bits per heavy atom. The minimum Gasteiger partial charge on any atom is -0.462 e. The molecule has 0 aromatic carbocycles. The predicted octanol–water partition coefficient (Wildman–Crippen LogP) is 2.71. The molecule has 0 unspecified atom stereocenters. The fourth-order valence-corrected chi connectivity index (χ4v) is 1.22. The van der Waals surface area contributed by atoms with E-state index in [1.807, 2.05) is 0 Å². The maximum atomic E-state index is 12.8.